The largest absolute Gasteiger partial charge is 0.497 e. The summed E-state index contributed by atoms with van der Waals surface area (Å²) in [4.78, 5) is 0. The lowest BCUT2D eigenvalue weighted by molar-refractivity contribution is 0.348. The zero-order valence-electron chi connectivity index (χ0n) is 16.1. The standard InChI is InChI=1S/C23H24O4/c1-24-19-11-9-17(10-12-19)20(16-7-5-6-8-16)13-18-14-22(26-3)23(27-4)15-21(18)25-2/h5-16H,1-4H3/b20-13+. The Morgan fingerprint density at radius 1 is 0.741 bits per heavy atom. The van der Waals surface area contributed by atoms with Crippen LogP contribution in [-0.4, -0.2) is 28.4 Å². The fraction of sp³-hybridized carbons (Fsp3) is 0.217. The van der Waals surface area contributed by atoms with Crippen LogP contribution >= 0.6 is 0 Å². The van der Waals surface area contributed by atoms with Crippen LogP contribution in [0.15, 0.2) is 60.7 Å². The van der Waals surface area contributed by atoms with Crippen LogP contribution in [0.5, 0.6) is 23.0 Å². The maximum Gasteiger partial charge on any atom is 0.164 e. The minimum atomic E-state index is 0.191. The third-order valence-corrected chi connectivity index (χ3v) is 4.58. The Morgan fingerprint density at radius 2 is 1.33 bits per heavy atom. The van der Waals surface area contributed by atoms with Crippen molar-refractivity contribution in [3.05, 3.63) is 71.8 Å². The summed E-state index contributed by atoms with van der Waals surface area (Å²) in [5.74, 6) is 3.05. The number of methoxy groups -OCH3 is 4. The van der Waals surface area contributed by atoms with Gasteiger partial charge in [0.05, 0.1) is 28.4 Å². The van der Waals surface area contributed by atoms with Crippen molar-refractivity contribution >= 4 is 11.6 Å². The smallest absolute Gasteiger partial charge is 0.164 e. The molecule has 0 heterocycles. The fourth-order valence-electron chi connectivity index (χ4n) is 3.13. The third kappa shape index (κ3) is 4.00. The molecule has 0 saturated carbocycles. The zero-order valence-corrected chi connectivity index (χ0v) is 16.1. The Kier molecular flexibility index (Phi) is 5.87. The van der Waals surface area contributed by atoms with E-state index in [1.807, 2.05) is 24.3 Å². The Morgan fingerprint density at radius 3 is 1.89 bits per heavy atom. The van der Waals surface area contributed by atoms with E-state index in [9.17, 15) is 0 Å². The lowest BCUT2D eigenvalue weighted by atomic mass is 9.91. The molecule has 1 aliphatic rings. The monoisotopic (exact) mass is 364 g/mol. The molecule has 27 heavy (non-hydrogen) atoms. The molecule has 0 atom stereocenters. The number of allylic oxidation sites excluding steroid dienone is 5. The maximum absolute atomic E-state index is 5.59. The van der Waals surface area contributed by atoms with Crippen LogP contribution in [0.4, 0.5) is 0 Å². The van der Waals surface area contributed by atoms with E-state index in [0.717, 1.165) is 28.2 Å². The Balaban J connectivity index is 2.12. The minimum absolute atomic E-state index is 0.191. The molecule has 0 unspecified atom stereocenters. The molecule has 2 aromatic carbocycles. The van der Waals surface area contributed by atoms with Crippen LogP contribution in [0.2, 0.25) is 0 Å². The predicted molar refractivity (Wildman–Crippen MR) is 109 cm³/mol. The third-order valence-electron chi connectivity index (χ3n) is 4.58. The van der Waals surface area contributed by atoms with E-state index < -0.39 is 0 Å². The number of rotatable bonds is 7. The summed E-state index contributed by atoms with van der Waals surface area (Å²) in [6, 6.07) is 11.9. The summed E-state index contributed by atoms with van der Waals surface area (Å²) in [6.45, 7) is 0. The average Bonchev–Trinajstić information content (AvgIpc) is 3.26. The molecular weight excluding hydrogens is 340 g/mol. The van der Waals surface area contributed by atoms with Gasteiger partial charge >= 0.3 is 0 Å². The van der Waals surface area contributed by atoms with E-state index in [1.54, 1.807) is 28.4 Å². The van der Waals surface area contributed by atoms with Crippen molar-refractivity contribution in [2.45, 2.75) is 0 Å². The second-order valence-corrected chi connectivity index (χ2v) is 6.07. The van der Waals surface area contributed by atoms with Crippen LogP contribution < -0.4 is 18.9 Å². The topological polar surface area (TPSA) is 36.9 Å². The van der Waals surface area contributed by atoms with Crippen LogP contribution in [0.1, 0.15) is 11.1 Å². The van der Waals surface area contributed by atoms with Gasteiger partial charge in [0.2, 0.25) is 0 Å². The first-order valence-corrected chi connectivity index (χ1v) is 8.71. The van der Waals surface area contributed by atoms with Crippen LogP contribution in [0, 0.1) is 5.92 Å². The van der Waals surface area contributed by atoms with Gasteiger partial charge in [-0.1, -0.05) is 36.4 Å². The highest BCUT2D eigenvalue weighted by Gasteiger charge is 2.16. The summed E-state index contributed by atoms with van der Waals surface area (Å²) in [5, 5.41) is 0. The molecule has 0 aliphatic heterocycles. The molecule has 4 heteroatoms. The van der Waals surface area contributed by atoms with Crippen molar-refractivity contribution in [2.24, 2.45) is 5.92 Å². The number of hydrogen-bond acceptors (Lipinski definition) is 4. The molecule has 0 aromatic heterocycles. The molecule has 0 amide bonds. The molecule has 0 N–H and O–H groups in total. The SMILES string of the molecule is COc1ccc(/C(=C/c2cc(OC)c(OC)cc2OC)C2C=CC=C2)cc1. The van der Waals surface area contributed by atoms with Crippen LogP contribution in [0.25, 0.3) is 11.6 Å². The van der Waals surface area contributed by atoms with Gasteiger partial charge in [-0.2, -0.15) is 0 Å². The zero-order chi connectivity index (χ0) is 19.2. The van der Waals surface area contributed by atoms with E-state index in [2.05, 4.69) is 42.5 Å². The Bertz CT molecular complexity index is 864. The quantitative estimate of drug-likeness (QED) is 0.648. The van der Waals surface area contributed by atoms with Crippen molar-refractivity contribution in [2.75, 3.05) is 28.4 Å². The van der Waals surface area contributed by atoms with E-state index in [-0.39, 0.29) is 5.92 Å². The summed E-state index contributed by atoms with van der Waals surface area (Å²) in [7, 11) is 6.57. The van der Waals surface area contributed by atoms with Gasteiger partial charge in [-0.15, -0.1) is 0 Å². The van der Waals surface area contributed by atoms with Crippen LogP contribution in [-0.2, 0) is 0 Å². The van der Waals surface area contributed by atoms with Gasteiger partial charge in [-0.25, -0.2) is 0 Å². The molecule has 140 valence electrons. The van der Waals surface area contributed by atoms with Crippen molar-refractivity contribution in [1.82, 2.24) is 0 Å². The number of ether oxygens (including phenoxy) is 4. The normalized spacial score (nSPS) is 13.7. The average molecular weight is 364 g/mol. The molecule has 0 bridgehead atoms. The van der Waals surface area contributed by atoms with Gasteiger partial charge in [0.25, 0.3) is 0 Å². The first kappa shape index (κ1) is 18.6. The molecule has 4 nitrogen and oxygen atoms in total. The van der Waals surface area contributed by atoms with Gasteiger partial charge in [-0.05, 0) is 35.4 Å². The van der Waals surface area contributed by atoms with Gasteiger partial charge in [-0.3, -0.25) is 0 Å². The summed E-state index contributed by atoms with van der Waals surface area (Å²) in [6.07, 6.45) is 10.6. The highest BCUT2D eigenvalue weighted by atomic mass is 16.5. The van der Waals surface area contributed by atoms with Gasteiger partial charge in [0.1, 0.15) is 11.5 Å². The van der Waals surface area contributed by atoms with Crippen molar-refractivity contribution in [1.29, 1.82) is 0 Å². The highest BCUT2D eigenvalue weighted by Crippen LogP contribution is 2.38. The van der Waals surface area contributed by atoms with Gasteiger partial charge < -0.3 is 18.9 Å². The van der Waals surface area contributed by atoms with Gasteiger partial charge in [0.15, 0.2) is 11.5 Å². The highest BCUT2D eigenvalue weighted by molar-refractivity contribution is 5.87. The Labute approximate surface area is 160 Å². The lowest BCUT2D eigenvalue weighted by Crippen LogP contribution is -1.98. The lowest BCUT2D eigenvalue weighted by Gasteiger charge is -2.16. The predicted octanol–water partition coefficient (Wildman–Crippen LogP) is 5.00. The minimum Gasteiger partial charge on any atom is -0.497 e. The van der Waals surface area contributed by atoms with Gasteiger partial charge in [0, 0.05) is 17.5 Å². The fourth-order valence-corrected chi connectivity index (χ4v) is 3.13. The molecule has 1 aliphatic carbocycles. The molecule has 0 radical (unpaired) electrons. The van der Waals surface area contributed by atoms with E-state index in [1.165, 1.54) is 0 Å². The Hall–Kier alpha value is -3.14. The molecule has 3 rings (SSSR count). The van der Waals surface area contributed by atoms with E-state index in [0.29, 0.717) is 11.5 Å². The van der Waals surface area contributed by atoms with Crippen molar-refractivity contribution < 1.29 is 18.9 Å². The molecule has 0 fully saturated rings. The molecule has 2 aromatic rings. The maximum atomic E-state index is 5.59. The first-order chi connectivity index (χ1) is 13.2. The molecule has 0 saturated heterocycles. The molecular formula is C23H24O4. The van der Waals surface area contributed by atoms with E-state index >= 15 is 0 Å². The van der Waals surface area contributed by atoms with Crippen LogP contribution in [0.3, 0.4) is 0 Å². The second kappa shape index (κ2) is 8.49. The number of benzene rings is 2. The number of hydrogen-bond donors (Lipinski definition) is 0. The summed E-state index contributed by atoms with van der Waals surface area (Å²) >= 11 is 0. The first-order valence-electron chi connectivity index (χ1n) is 8.71. The summed E-state index contributed by atoms with van der Waals surface area (Å²) < 4.78 is 21.7. The molecule has 0 spiro atoms. The second-order valence-electron chi connectivity index (χ2n) is 6.07. The van der Waals surface area contributed by atoms with Crippen molar-refractivity contribution in [3.63, 3.8) is 0 Å². The van der Waals surface area contributed by atoms with Crippen molar-refractivity contribution in [3.8, 4) is 23.0 Å². The summed E-state index contributed by atoms with van der Waals surface area (Å²) in [5.41, 5.74) is 3.21. The van der Waals surface area contributed by atoms with E-state index in [4.69, 9.17) is 18.9 Å².